The lowest BCUT2D eigenvalue weighted by Crippen LogP contribution is -2.38. The first-order valence-electron chi connectivity index (χ1n) is 4.63. The van der Waals surface area contributed by atoms with E-state index in [1.807, 2.05) is 0 Å². The van der Waals surface area contributed by atoms with Gasteiger partial charge < -0.3 is 5.73 Å². The molecule has 2 aliphatic rings. The lowest BCUT2D eigenvalue weighted by Gasteiger charge is -2.39. The van der Waals surface area contributed by atoms with Gasteiger partial charge in [-0.3, -0.25) is 4.90 Å². The zero-order valence-electron chi connectivity index (χ0n) is 7.51. The number of nitrogens with zero attached hydrogens (tertiary/aromatic N) is 1. The van der Waals surface area contributed by atoms with Crippen molar-refractivity contribution in [2.24, 2.45) is 17.6 Å². The maximum absolute atomic E-state index is 5.60. The largest absolute Gasteiger partial charge is 0.318 e. The Morgan fingerprint density at radius 1 is 1.55 bits per heavy atom. The van der Waals surface area contributed by atoms with Crippen LogP contribution in [-0.4, -0.2) is 23.7 Å². The van der Waals surface area contributed by atoms with Gasteiger partial charge in [0.15, 0.2) is 0 Å². The Bertz CT molecular complexity index is 169. The molecule has 2 heteroatoms. The van der Waals surface area contributed by atoms with E-state index < -0.39 is 0 Å². The van der Waals surface area contributed by atoms with E-state index in [1.54, 1.807) is 0 Å². The average Bonchev–Trinajstić information content (AvgIpc) is 2.58. The Morgan fingerprint density at radius 2 is 2.27 bits per heavy atom. The third-order valence-corrected chi connectivity index (χ3v) is 3.77. The fourth-order valence-corrected chi connectivity index (χ4v) is 2.57. The quantitative estimate of drug-likeness (QED) is 0.602. The summed E-state index contributed by atoms with van der Waals surface area (Å²) < 4.78 is 0. The van der Waals surface area contributed by atoms with Crippen LogP contribution in [0, 0.1) is 11.8 Å². The molecule has 0 aromatic heterocycles. The van der Waals surface area contributed by atoms with E-state index >= 15 is 0 Å². The molecule has 1 aliphatic heterocycles. The highest BCUT2D eigenvalue weighted by atomic mass is 15.4. The zero-order valence-corrected chi connectivity index (χ0v) is 7.51. The van der Waals surface area contributed by atoms with Gasteiger partial charge in [0.1, 0.15) is 0 Å². The molecule has 1 unspecified atom stereocenters. The predicted octanol–water partition coefficient (Wildman–Crippen LogP) is 1.02. The van der Waals surface area contributed by atoms with Gasteiger partial charge >= 0.3 is 0 Å². The molecule has 2 nitrogen and oxygen atoms in total. The van der Waals surface area contributed by atoms with Gasteiger partial charge in [0.05, 0.1) is 0 Å². The maximum atomic E-state index is 5.60. The van der Waals surface area contributed by atoms with Gasteiger partial charge in [0.25, 0.3) is 0 Å². The third kappa shape index (κ3) is 0.926. The van der Waals surface area contributed by atoms with Gasteiger partial charge in [-0.1, -0.05) is 13.3 Å². The first-order valence-corrected chi connectivity index (χ1v) is 4.63. The molecule has 0 aromatic rings. The summed E-state index contributed by atoms with van der Waals surface area (Å²) in [5.74, 6) is 1.88. The van der Waals surface area contributed by atoms with Crippen LogP contribution in [0.15, 0.2) is 0 Å². The van der Waals surface area contributed by atoms with E-state index in [4.69, 9.17) is 5.73 Å². The molecule has 64 valence electrons. The summed E-state index contributed by atoms with van der Waals surface area (Å²) in [5, 5.41) is 0. The van der Waals surface area contributed by atoms with Crippen LogP contribution in [0.5, 0.6) is 0 Å². The van der Waals surface area contributed by atoms with E-state index in [0.29, 0.717) is 5.54 Å². The highest BCUT2D eigenvalue weighted by Crippen LogP contribution is 2.50. The minimum absolute atomic E-state index is 0.492. The molecule has 1 heterocycles. The van der Waals surface area contributed by atoms with Crippen LogP contribution in [0.3, 0.4) is 0 Å². The number of nitrogens with two attached hydrogens (primary N) is 1. The molecule has 1 saturated carbocycles. The standard InChI is InChI=1S/C9H18N2/c1-7-3-4-8(7)9(2)5-11(9)6-10/h7-8H,3-6,10H2,1-2H3/t7?,8-,9-,11+/m0/s1. The number of hydrogen-bond donors (Lipinski definition) is 1. The molecule has 2 N–H and O–H groups in total. The van der Waals surface area contributed by atoms with E-state index in [1.165, 1.54) is 19.4 Å². The van der Waals surface area contributed by atoms with Crippen molar-refractivity contribution in [3.63, 3.8) is 0 Å². The molecule has 4 atom stereocenters. The lowest BCUT2D eigenvalue weighted by atomic mass is 9.68. The van der Waals surface area contributed by atoms with Crippen LogP contribution in [0.4, 0.5) is 0 Å². The molecule has 0 amide bonds. The van der Waals surface area contributed by atoms with Crippen molar-refractivity contribution in [1.82, 2.24) is 4.90 Å². The Hall–Kier alpha value is -0.0800. The summed E-state index contributed by atoms with van der Waals surface area (Å²) in [4.78, 5) is 2.38. The second-order valence-corrected chi connectivity index (χ2v) is 4.40. The van der Waals surface area contributed by atoms with Crippen molar-refractivity contribution in [2.75, 3.05) is 13.2 Å². The van der Waals surface area contributed by atoms with Gasteiger partial charge in [0, 0.05) is 18.8 Å². The second kappa shape index (κ2) is 2.20. The maximum Gasteiger partial charge on any atom is 0.0461 e. The molecule has 2 rings (SSSR count). The topological polar surface area (TPSA) is 29.0 Å². The minimum Gasteiger partial charge on any atom is -0.318 e. The first-order chi connectivity index (χ1) is 5.18. The number of hydrogen-bond acceptors (Lipinski definition) is 2. The summed E-state index contributed by atoms with van der Waals surface area (Å²) >= 11 is 0. The van der Waals surface area contributed by atoms with Crippen LogP contribution in [-0.2, 0) is 0 Å². The van der Waals surface area contributed by atoms with Crippen molar-refractivity contribution in [2.45, 2.75) is 32.2 Å². The first kappa shape index (κ1) is 7.56. The smallest absolute Gasteiger partial charge is 0.0461 e. The summed E-state index contributed by atoms with van der Waals surface area (Å²) in [6.45, 7) is 6.71. The van der Waals surface area contributed by atoms with Gasteiger partial charge in [-0.15, -0.1) is 0 Å². The van der Waals surface area contributed by atoms with Gasteiger partial charge in [-0.2, -0.15) is 0 Å². The number of rotatable bonds is 2. The fraction of sp³-hybridized carbons (Fsp3) is 1.00. The fourth-order valence-electron chi connectivity index (χ4n) is 2.57. The van der Waals surface area contributed by atoms with Crippen LogP contribution in [0.2, 0.25) is 0 Å². The van der Waals surface area contributed by atoms with Crippen molar-refractivity contribution in [3.05, 3.63) is 0 Å². The van der Waals surface area contributed by atoms with E-state index in [-0.39, 0.29) is 0 Å². The summed E-state index contributed by atoms with van der Waals surface area (Å²) in [7, 11) is 0. The third-order valence-electron chi connectivity index (χ3n) is 3.77. The zero-order chi connectivity index (χ0) is 8.06. The van der Waals surface area contributed by atoms with E-state index in [9.17, 15) is 0 Å². The molecule has 0 aromatic carbocycles. The summed E-state index contributed by atoms with van der Waals surface area (Å²) in [5.41, 5.74) is 6.09. The molecule has 11 heavy (non-hydrogen) atoms. The van der Waals surface area contributed by atoms with Crippen LogP contribution < -0.4 is 5.73 Å². The monoisotopic (exact) mass is 154 g/mol. The second-order valence-electron chi connectivity index (χ2n) is 4.40. The molecule has 1 aliphatic carbocycles. The summed E-state index contributed by atoms with van der Waals surface area (Å²) in [6.07, 6.45) is 2.85. The average molecular weight is 154 g/mol. The highest BCUT2D eigenvalue weighted by molar-refractivity contribution is 5.10. The molecular weight excluding hydrogens is 136 g/mol. The van der Waals surface area contributed by atoms with Crippen molar-refractivity contribution in [3.8, 4) is 0 Å². The van der Waals surface area contributed by atoms with Gasteiger partial charge in [-0.05, 0) is 25.2 Å². The Labute approximate surface area is 68.7 Å². The molecule has 2 fully saturated rings. The van der Waals surface area contributed by atoms with Crippen molar-refractivity contribution in [1.29, 1.82) is 0 Å². The van der Waals surface area contributed by atoms with Gasteiger partial charge in [0.2, 0.25) is 0 Å². The summed E-state index contributed by atoms with van der Waals surface area (Å²) in [6, 6.07) is 0. The van der Waals surface area contributed by atoms with Crippen LogP contribution in [0.1, 0.15) is 26.7 Å². The van der Waals surface area contributed by atoms with E-state index in [0.717, 1.165) is 18.5 Å². The van der Waals surface area contributed by atoms with Gasteiger partial charge in [-0.25, -0.2) is 0 Å². The highest BCUT2D eigenvalue weighted by Gasteiger charge is 2.56. The molecule has 0 spiro atoms. The Kier molecular flexibility index (Phi) is 1.52. The molecule has 0 bridgehead atoms. The molecular formula is C9H18N2. The minimum atomic E-state index is 0.492. The SMILES string of the molecule is CC1CC[C@@H]1[C@]1(C)C[N@]1CN. The predicted molar refractivity (Wildman–Crippen MR) is 46.1 cm³/mol. The lowest BCUT2D eigenvalue weighted by molar-refractivity contribution is 0.124. The Balaban J connectivity index is 1.96. The normalized spacial score (nSPS) is 55.4. The molecule has 0 radical (unpaired) electrons. The van der Waals surface area contributed by atoms with E-state index in [2.05, 4.69) is 18.7 Å². The van der Waals surface area contributed by atoms with Crippen LogP contribution >= 0.6 is 0 Å². The van der Waals surface area contributed by atoms with Crippen LogP contribution in [0.25, 0.3) is 0 Å². The van der Waals surface area contributed by atoms with Crippen molar-refractivity contribution < 1.29 is 0 Å². The molecule has 1 saturated heterocycles. The van der Waals surface area contributed by atoms with Crippen molar-refractivity contribution >= 4 is 0 Å². The Morgan fingerprint density at radius 3 is 2.55 bits per heavy atom.